The molecule has 0 saturated heterocycles. The summed E-state index contributed by atoms with van der Waals surface area (Å²) >= 11 is 0. The van der Waals surface area contributed by atoms with Crippen molar-refractivity contribution in [1.29, 1.82) is 0 Å². The van der Waals surface area contributed by atoms with Gasteiger partial charge in [-0.1, -0.05) is 85.5 Å². The first-order chi connectivity index (χ1) is 12.3. The van der Waals surface area contributed by atoms with Crippen LogP contribution in [-0.2, 0) is 13.1 Å². The predicted molar refractivity (Wildman–Crippen MR) is 103 cm³/mol. The highest BCUT2D eigenvalue weighted by molar-refractivity contribution is 5.94. The molecule has 0 aliphatic rings. The molecule has 0 saturated carbocycles. The highest BCUT2D eigenvalue weighted by atomic mass is 16.2. The van der Waals surface area contributed by atoms with E-state index in [0.717, 1.165) is 16.7 Å². The number of benzene rings is 3. The average Bonchev–Trinajstić information content (AvgIpc) is 2.68. The van der Waals surface area contributed by atoms with Crippen LogP contribution in [-0.4, -0.2) is 10.8 Å². The molecule has 0 unspecified atom stereocenters. The smallest absolute Gasteiger partial charge is 0.254 e. The maximum atomic E-state index is 13.1. The average molecular weight is 327 g/mol. The van der Waals surface area contributed by atoms with Crippen LogP contribution in [0.2, 0.25) is 0 Å². The second kappa shape index (κ2) is 8.11. The summed E-state index contributed by atoms with van der Waals surface area (Å²) in [6, 6.07) is 27.7. The Morgan fingerprint density at radius 3 is 1.88 bits per heavy atom. The second-order valence-electron chi connectivity index (χ2n) is 5.96. The standard InChI is InChI=1S/C23H21NO/c1-2-19-14-9-15-22(16-19)23(25)24(17-20-10-5-3-6-11-20)18-21-12-7-4-8-13-21/h2-16H,1,17-18H2. The summed E-state index contributed by atoms with van der Waals surface area (Å²) < 4.78 is 0. The van der Waals surface area contributed by atoms with Gasteiger partial charge in [-0.25, -0.2) is 0 Å². The van der Waals surface area contributed by atoms with Crippen LogP contribution in [0.25, 0.3) is 6.08 Å². The van der Waals surface area contributed by atoms with E-state index in [9.17, 15) is 4.79 Å². The summed E-state index contributed by atoms with van der Waals surface area (Å²) in [5, 5.41) is 0. The van der Waals surface area contributed by atoms with Crippen molar-refractivity contribution in [3.63, 3.8) is 0 Å². The number of carbonyl (C=O) groups excluding carboxylic acids is 1. The Labute approximate surface area is 149 Å². The zero-order valence-electron chi connectivity index (χ0n) is 14.1. The molecular formula is C23H21NO. The van der Waals surface area contributed by atoms with Crippen LogP contribution >= 0.6 is 0 Å². The fourth-order valence-corrected chi connectivity index (χ4v) is 2.79. The molecular weight excluding hydrogens is 306 g/mol. The third-order valence-electron chi connectivity index (χ3n) is 4.09. The van der Waals surface area contributed by atoms with Crippen molar-refractivity contribution in [2.75, 3.05) is 0 Å². The fraction of sp³-hybridized carbons (Fsp3) is 0.0870. The van der Waals surface area contributed by atoms with Gasteiger partial charge >= 0.3 is 0 Å². The number of amides is 1. The van der Waals surface area contributed by atoms with Crippen molar-refractivity contribution < 1.29 is 4.79 Å². The molecule has 2 heteroatoms. The molecule has 0 bridgehead atoms. The Bertz CT molecular complexity index is 799. The van der Waals surface area contributed by atoms with Gasteiger partial charge in [-0.2, -0.15) is 0 Å². The molecule has 25 heavy (non-hydrogen) atoms. The van der Waals surface area contributed by atoms with Gasteiger partial charge in [0.2, 0.25) is 0 Å². The van der Waals surface area contributed by atoms with Gasteiger partial charge < -0.3 is 4.90 Å². The maximum Gasteiger partial charge on any atom is 0.254 e. The first kappa shape index (κ1) is 16.7. The van der Waals surface area contributed by atoms with Gasteiger partial charge in [0.15, 0.2) is 0 Å². The monoisotopic (exact) mass is 327 g/mol. The van der Waals surface area contributed by atoms with E-state index in [-0.39, 0.29) is 5.91 Å². The quantitative estimate of drug-likeness (QED) is 0.611. The lowest BCUT2D eigenvalue weighted by Crippen LogP contribution is -2.30. The predicted octanol–water partition coefficient (Wildman–Crippen LogP) is 5.17. The third kappa shape index (κ3) is 4.45. The lowest BCUT2D eigenvalue weighted by molar-refractivity contribution is 0.0730. The van der Waals surface area contributed by atoms with Crippen molar-refractivity contribution in [1.82, 2.24) is 4.90 Å². The SMILES string of the molecule is C=Cc1cccc(C(=O)N(Cc2ccccc2)Cc2ccccc2)c1. The molecule has 3 aromatic carbocycles. The van der Waals surface area contributed by atoms with E-state index in [1.165, 1.54) is 0 Å². The summed E-state index contributed by atoms with van der Waals surface area (Å²) in [6.07, 6.45) is 1.76. The van der Waals surface area contributed by atoms with E-state index in [2.05, 4.69) is 6.58 Å². The van der Waals surface area contributed by atoms with Crippen LogP contribution in [0.5, 0.6) is 0 Å². The topological polar surface area (TPSA) is 20.3 Å². The molecule has 0 atom stereocenters. The van der Waals surface area contributed by atoms with Crippen LogP contribution in [0.15, 0.2) is 91.5 Å². The number of hydrogen-bond donors (Lipinski definition) is 0. The summed E-state index contributed by atoms with van der Waals surface area (Å²) in [6.45, 7) is 4.94. The van der Waals surface area contributed by atoms with E-state index >= 15 is 0 Å². The van der Waals surface area contributed by atoms with Crippen molar-refractivity contribution in [2.24, 2.45) is 0 Å². The van der Waals surface area contributed by atoms with Crippen LogP contribution in [0.4, 0.5) is 0 Å². The first-order valence-electron chi connectivity index (χ1n) is 8.36. The number of hydrogen-bond acceptors (Lipinski definition) is 1. The molecule has 124 valence electrons. The Morgan fingerprint density at radius 1 is 0.800 bits per heavy atom. The summed E-state index contributed by atoms with van der Waals surface area (Å²) in [5.74, 6) is 0.0245. The second-order valence-corrected chi connectivity index (χ2v) is 5.96. The summed E-state index contributed by atoms with van der Waals surface area (Å²) in [5.41, 5.74) is 3.87. The molecule has 1 amide bonds. The lowest BCUT2D eigenvalue weighted by Gasteiger charge is -2.23. The Hall–Kier alpha value is -3.13. The van der Waals surface area contributed by atoms with Crippen LogP contribution < -0.4 is 0 Å². The van der Waals surface area contributed by atoms with Crippen LogP contribution in [0.1, 0.15) is 27.0 Å². The van der Waals surface area contributed by atoms with E-state index in [1.807, 2.05) is 89.8 Å². The largest absolute Gasteiger partial charge is 0.330 e. The normalized spacial score (nSPS) is 10.2. The molecule has 3 aromatic rings. The zero-order valence-corrected chi connectivity index (χ0v) is 14.1. The van der Waals surface area contributed by atoms with Gasteiger partial charge in [0.1, 0.15) is 0 Å². The lowest BCUT2D eigenvalue weighted by atomic mass is 10.1. The van der Waals surface area contributed by atoms with Gasteiger partial charge in [-0.05, 0) is 28.8 Å². The van der Waals surface area contributed by atoms with E-state index < -0.39 is 0 Å². The van der Waals surface area contributed by atoms with Crippen LogP contribution in [0, 0.1) is 0 Å². The minimum absolute atomic E-state index is 0.0245. The molecule has 0 N–H and O–H groups in total. The Morgan fingerprint density at radius 2 is 1.36 bits per heavy atom. The molecule has 0 heterocycles. The van der Waals surface area contributed by atoms with Gasteiger partial charge in [0, 0.05) is 18.7 Å². The minimum Gasteiger partial charge on any atom is -0.330 e. The fourth-order valence-electron chi connectivity index (χ4n) is 2.79. The summed E-state index contributed by atoms with van der Waals surface area (Å²) in [4.78, 5) is 15.0. The molecule has 0 fully saturated rings. The minimum atomic E-state index is 0.0245. The van der Waals surface area contributed by atoms with E-state index in [4.69, 9.17) is 0 Å². The van der Waals surface area contributed by atoms with E-state index in [0.29, 0.717) is 18.7 Å². The number of carbonyl (C=O) groups is 1. The molecule has 0 aliphatic heterocycles. The Balaban J connectivity index is 1.88. The van der Waals surface area contributed by atoms with E-state index in [1.54, 1.807) is 6.08 Å². The molecule has 0 aliphatic carbocycles. The van der Waals surface area contributed by atoms with Gasteiger partial charge in [-0.15, -0.1) is 0 Å². The number of rotatable bonds is 6. The molecule has 3 rings (SSSR count). The maximum absolute atomic E-state index is 13.1. The van der Waals surface area contributed by atoms with Crippen molar-refractivity contribution in [2.45, 2.75) is 13.1 Å². The molecule has 0 aromatic heterocycles. The zero-order chi connectivity index (χ0) is 17.5. The summed E-state index contributed by atoms with van der Waals surface area (Å²) in [7, 11) is 0. The van der Waals surface area contributed by atoms with Crippen molar-refractivity contribution in [3.05, 3.63) is 114 Å². The van der Waals surface area contributed by atoms with Gasteiger partial charge in [-0.3, -0.25) is 4.79 Å². The van der Waals surface area contributed by atoms with Crippen LogP contribution in [0.3, 0.4) is 0 Å². The first-order valence-corrected chi connectivity index (χ1v) is 8.36. The van der Waals surface area contributed by atoms with Gasteiger partial charge in [0.05, 0.1) is 0 Å². The highest BCUT2D eigenvalue weighted by Gasteiger charge is 2.17. The Kier molecular flexibility index (Phi) is 5.43. The van der Waals surface area contributed by atoms with Crippen molar-refractivity contribution >= 4 is 12.0 Å². The third-order valence-corrected chi connectivity index (χ3v) is 4.09. The molecule has 0 radical (unpaired) electrons. The van der Waals surface area contributed by atoms with Crippen molar-refractivity contribution in [3.8, 4) is 0 Å². The number of nitrogens with zero attached hydrogens (tertiary/aromatic N) is 1. The van der Waals surface area contributed by atoms with Gasteiger partial charge in [0.25, 0.3) is 5.91 Å². The highest BCUT2D eigenvalue weighted by Crippen LogP contribution is 2.15. The molecule has 0 spiro atoms. The molecule has 2 nitrogen and oxygen atoms in total.